The Morgan fingerprint density at radius 1 is 0.580 bits per heavy atom. The largest absolute Gasteiger partial charge is 0.288 e. The highest BCUT2D eigenvalue weighted by Gasteiger charge is 2.22. The van der Waals surface area contributed by atoms with Gasteiger partial charge >= 0.3 is 0 Å². The van der Waals surface area contributed by atoms with E-state index in [9.17, 15) is 21.6 Å². The van der Waals surface area contributed by atoms with E-state index >= 15 is 0 Å². The minimum absolute atomic E-state index is 0.136. The van der Waals surface area contributed by atoms with Crippen molar-refractivity contribution in [3.05, 3.63) is 140 Å². The number of hydrogen-bond acceptors (Lipinski definition) is 9. The van der Waals surface area contributed by atoms with E-state index in [2.05, 4.69) is 19.4 Å². The predicted molar refractivity (Wildman–Crippen MR) is 199 cm³/mol. The van der Waals surface area contributed by atoms with E-state index in [-0.39, 0.29) is 28.7 Å². The van der Waals surface area contributed by atoms with E-state index in [1.54, 1.807) is 36.7 Å². The number of halogens is 2. The summed E-state index contributed by atoms with van der Waals surface area (Å²) < 4.78 is 55.9. The van der Waals surface area contributed by atoms with Crippen LogP contribution in [-0.2, 0) is 32.9 Å². The zero-order valence-corrected chi connectivity index (χ0v) is 30.8. The molecule has 0 saturated carbocycles. The molecule has 6 aromatic rings. The highest BCUT2D eigenvalue weighted by Crippen LogP contribution is 2.34. The molecule has 15 heteroatoms. The molecule has 0 bridgehead atoms. The zero-order chi connectivity index (χ0) is 35.3. The lowest BCUT2D eigenvalue weighted by Crippen LogP contribution is -2.25. The summed E-state index contributed by atoms with van der Waals surface area (Å²) >= 11 is 14.6. The first-order valence-corrected chi connectivity index (χ1v) is 20.5. The fourth-order valence-electron chi connectivity index (χ4n) is 5.01. The topological polar surface area (TPSA) is 135 Å². The lowest BCUT2D eigenvalue weighted by Gasteiger charge is -2.09. The molecule has 0 aliphatic heterocycles. The van der Waals surface area contributed by atoms with Gasteiger partial charge in [0.15, 0.2) is 5.78 Å². The van der Waals surface area contributed by atoms with Crippen LogP contribution >= 0.6 is 45.9 Å². The zero-order valence-electron chi connectivity index (χ0n) is 26.0. The number of carbonyl (C=O) groups excluding carboxylic acids is 1. The number of hydrogen-bond donors (Lipinski definition) is 2. The van der Waals surface area contributed by atoms with Gasteiger partial charge in [-0.15, -0.1) is 22.7 Å². The monoisotopic (exact) mass is 782 g/mol. The maximum absolute atomic E-state index is 14.1. The maximum atomic E-state index is 14.1. The van der Waals surface area contributed by atoms with Gasteiger partial charge in [0.25, 0.3) is 0 Å². The summed E-state index contributed by atoms with van der Waals surface area (Å²) in [5, 5.41) is 0.907. The van der Waals surface area contributed by atoms with Crippen LogP contribution in [0.15, 0.2) is 119 Å². The molecule has 0 atom stereocenters. The van der Waals surface area contributed by atoms with Gasteiger partial charge in [0, 0.05) is 56.4 Å². The van der Waals surface area contributed by atoms with E-state index in [1.807, 2.05) is 24.3 Å². The Balaban J connectivity index is 1.14. The Morgan fingerprint density at radius 2 is 0.980 bits per heavy atom. The third kappa shape index (κ3) is 8.56. The number of nitrogens with one attached hydrogen (secondary N) is 2. The summed E-state index contributed by atoms with van der Waals surface area (Å²) in [5.41, 5.74) is 1.86. The van der Waals surface area contributed by atoms with Crippen LogP contribution in [0.4, 0.5) is 0 Å². The average Bonchev–Trinajstić information content (AvgIpc) is 3.78. The van der Waals surface area contributed by atoms with Gasteiger partial charge in [-0.2, -0.15) is 0 Å². The molecule has 0 amide bonds. The molecule has 0 spiro atoms. The van der Waals surface area contributed by atoms with Crippen molar-refractivity contribution in [2.75, 3.05) is 13.1 Å². The Hall–Kier alpha value is -3.79. The Morgan fingerprint density at radius 3 is 1.38 bits per heavy atom. The van der Waals surface area contributed by atoms with Crippen molar-refractivity contribution in [3.8, 4) is 21.1 Å². The molecule has 256 valence electrons. The van der Waals surface area contributed by atoms with Gasteiger partial charge in [0.1, 0.15) is 0 Å². The molecule has 0 aliphatic rings. The van der Waals surface area contributed by atoms with E-state index in [0.717, 1.165) is 19.5 Å². The van der Waals surface area contributed by atoms with E-state index in [1.165, 1.54) is 71.2 Å². The lowest BCUT2D eigenvalue weighted by atomic mass is 9.99. The molecule has 0 saturated heterocycles. The van der Waals surface area contributed by atoms with Crippen LogP contribution in [-0.4, -0.2) is 45.7 Å². The van der Waals surface area contributed by atoms with Crippen molar-refractivity contribution in [1.82, 2.24) is 19.4 Å². The van der Waals surface area contributed by atoms with Crippen LogP contribution in [0.5, 0.6) is 0 Å². The molecule has 2 aromatic carbocycles. The Bertz CT molecular complexity index is 2200. The number of sulfonamides is 2. The predicted octanol–water partition coefficient (Wildman–Crippen LogP) is 7.51. The molecule has 4 heterocycles. The van der Waals surface area contributed by atoms with Crippen LogP contribution in [0.2, 0.25) is 10.0 Å². The number of pyridine rings is 2. The van der Waals surface area contributed by atoms with Crippen LogP contribution < -0.4 is 9.44 Å². The number of carbonyl (C=O) groups is 1. The van der Waals surface area contributed by atoms with Gasteiger partial charge in [-0.1, -0.05) is 23.2 Å². The highest BCUT2D eigenvalue weighted by atomic mass is 35.5. The van der Waals surface area contributed by atoms with Crippen molar-refractivity contribution in [2.24, 2.45) is 0 Å². The van der Waals surface area contributed by atoms with Crippen molar-refractivity contribution in [2.45, 2.75) is 22.6 Å². The highest BCUT2D eigenvalue weighted by molar-refractivity contribution is 7.89. The second kappa shape index (κ2) is 15.6. The summed E-state index contributed by atoms with van der Waals surface area (Å²) in [5.74, 6) is -0.243. The van der Waals surface area contributed by atoms with Crippen LogP contribution in [0.25, 0.3) is 21.1 Å². The number of aromatic nitrogens is 2. The maximum Gasteiger partial charge on any atom is 0.240 e. The summed E-state index contributed by atoms with van der Waals surface area (Å²) in [6.07, 6.45) is 4.15. The summed E-state index contributed by atoms with van der Waals surface area (Å²) in [6, 6.07) is 26.4. The molecule has 0 fully saturated rings. The lowest BCUT2D eigenvalue weighted by molar-refractivity contribution is 0.103. The molecule has 4 aromatic heterocycles. The van der Waals surface area contributed by atoms with E-state index < -0.39 is 20.0 Å². The number of thiophene rings is 2. The normalized spacial score (nSPS) is 11.9. The summed E-state index contributed by atoms with van der Waals surface area (Å²) in [6.45, 7) is 0.379. The van der Waals surface area contributed by atoms with Crippen molar-refractivity contribution < 1.29 is 21.6 Å². The van der Waals surface area contributed by atoms with Crippen molar-refractivity contribution in [3.63, 3.8) is 0 Å². The molecule has 6 rings (SSSR count). The first-order chi connectivity index (χ1) is 24.0. The fourth-order valence-corrected chi connectivity index (χ4v) is 9.36. The van der Waals surface area contributed by atoms with Gasteiger partial charge in [0.2, 0.25) is 20.0 Å². The van der Waals surface area contributed by atoms with E-state index in [4.69, 9.17) is 23.2 Å². The number of rotatable bonds is 14. The fraction of sp³-hybridized carbons (Fsp3) is 0.114. The molecule has 0 aliphatic carbocycles. The average molecular weight is 784 g/mol. The smallest absolute Gasteiger partial charge is 0.240 e. The Kier molecular flexibility index (Phi) is 11.3. The first kappa shape index (κ1) is 36.0. The number of ketones is 1. The first-order valence-electron chi connectivity index (χ1n) is 15.1. The van der Waals surface area contributed by atoms with E-state index in [0.29, 0.717) is 45.4 Å². The third-order valence-corrected chi connectivity index (χ3v) is 13.2. The summed E-state index contributed by atoms with van der Waals surface area (Å²) in [7, 11) is -7.37. The molecule has 2 N–H and O–H groups in total. The van der Waals surface area contributed by atoms with Gasteiger partial charge < -0.3 is 0 Å². The third-order valence-electron chi connectivity index (χ3n) is 7.47. The van der Waals surface area contributed by atoms with Crippen LogP contribution in [0.1, 0.15) is 25.7 Å². The quantitative estimate of drug-likeness (QED) is 0.109. The molecular weight excluding hydrogens is 756 g/mol. The van der Waals surface area contributed by atoms with Crippen LogP contribution in [0, 0.1) is 0 Å². The van der Waals surface area contributed by atoms with Gasteiger partial charge in [-0.25, -0.2) is 26.3 Å². The van der Waals surface area contributed by atoms with Gasteiger partial charge in [0.05, 0.1) is 30.9 Å². The van der Waals surface area contributed by atoms with Crippen LogP contribution in [0.3, 0.4) is 0 Å². The molecule has 50 heavy (non-hydrogen) atoms. The standard InChI is InChI=1S/C35H28Cl2N4O5S4/c36-23-5-11-27(12-6-23)49(43,44)40-21-17-25-9-15-31(47-25)33-29(3-1-19-38-33)35(42)30-4-2-20-39-34(30)32-16-10-26(48-32)18-22-41-50(45,46)28-13-7-24(37)8-14-28/h1-16,19-20,40-41H,17-18,21-22H2. The molecule has 0 unspecified atom stereocenters. The summed E-state index contributed by atoms with van der Waals surface area (Å²) in [4.78, 5) is 26.8. The number of nitrogens with zero attached hydrogens (tertiary/aromatic N) is 2. The number of benzene rings is 2. The minimum atomic E-state index is -3.69. The molecule has 9 nitrogen and oxygen atoms in total. The second-order valence-electron chi connectivity index (χ2n) is 10.9. The Labute approximate surface area is 308 Å². The molecule has 0 radical (unpaired) electrons. The SMILES string of the molecule is O=C(c1cccnc1-c1ccc(CCNS(=O)(=O)c2ccc(Cl)cc2)s1)c1cccnc1-c1ccc(CCNS(=O)(=O)c2ccc(Cl)cc2)s1. The van der Waals surface area contributed by atoms with Crippen molar-refractivity contribution in [1.29, 1.82) is 0 Å². The second-order valence-corrected chi connectivity index (χ2v) is 17.6. The van der Waals surface area contributed by atoms with Crippen molar-refractivity contribution >= 4 is 71.7 Å². The van der Waals surface area contributed by atoms with Gasteiger partial charge in [-0.05, 0) is 110 Å². The van der Waals surface area contributed by atoms with Gasteiger partial charge in [-0.3, -0.25) is 14.8 Å². The molecular formula is C35H28Cl2N4O5S4. The minimum Gasteiger partial charge on any atom is -0.288 e.